The zero-order chi connectivity index (χ0) is 16.2. The van der Waals surface area contributed by atoms with E-state index in [1.54, 1.807) is 4.72 Å². The molecule has 0 bridgehead atoms. The first-order valence-corrected chi connectivity index (χ1v) is 6.89. The van der Waals surface area contributed by atoms with Crippen LogP contribution in [0.3, 0.4) is 0 Å². The van der Waals surface area contributed by atoms with Gasteiger partial charge < -0.3 is 10.8 Å². The van der Waals surface area contributed by atoms with E-state index in [1.165, 1.54) is 6.07 Å². The van der Waals surface area contributed by atoms with Crippen molar-refractivity contribution in [2.75, 3.05) is 0 Å². The number of carboxylic acids is 1. The van der Waals surface area contributed by atoms with E-state index in [9.17, 15) is 22.4 Å². The van der Waals surface area contributed by atoms with E-state index in [2.05, 4.69) is 0 Å². The number of nitriles is 1. The summed E-state index contributed by atoms with van der Waals surface area (Å²) in [6, 6.07) is 2.07. The highest BCUT2D eigenvalue weighted by Gasteiger charge is 2.27. The maximum Gasteiger partial charge on any atom is 0.322 e. The van der Waals surface area contributed by atoms with E-state index in [1.807, 2.05) is 0 Å². The molecule has 1 aromatic rings. The molecule has 1 rings (SSSR count). The third-order valence-corrected chi connectivity index (χ3v) is 3.84. The Morgan fingerprint density at radius 3 is 2.57 bits per heavy atom. The Labute approximate surface area is 119 Å². The number of primary amides is 1. The van der Waals surface area contributed by atoms with Crippen molar-refractivity contribution in [2.45, 2.75) is 17.4 Å². The molecule has 1 aromatic carbocycles. The fraction of sp³-hybridized carbons (Fsp3) is 0.182. The number of carbonyl (C=O) groups is 2. The van der Waals surface area contributed by atoms with Crippen LogP contribution in [0.15, 0.2) is 23.1 Å². The fourth-order valence-corrected chi connectivity index (χ4v) is 2.61. The molecule has 8 nitrogen and oxygen atoms in total. The molecule has 0 aromatic heterocycles. The first-order valence-electron chi connectivity index (χ1n) is 5.40. The van der Waals surface area contributed by atoms with Crippen molar-refractivity contribution in [3.05, 3.63) is 29.6 Å². The number of nitrogens with zero attached hydrogens (tertiary/aromatic N) is 1. The molecule has 112 valence electrons. The number of benzene rings is 1. The molecule has 1 atom stereocenters. The molecule has 0 aliphatic rings. The summed E-state index contributed by atoms with van der Waals surface area (Å²) in [6.07, 6.45) is -0.749. The average molecular weight is 315 g/mol. The second-order valence-electron chi connectivity index (χ2n) is 3.94. The summed E-state index contributed by atoms with van der Waals surface area (Å²) in [7, 11) is -4.36. The van der Waals surface area contributed by atoms with Gasteiger partial charge in [-0.05, 0) is 18.2 Å². The number of nitrogens with one attached hydrogen (secondary N) is 1. The number of carbonyl (C=O) groups excluding carboxylic acids is 1. The van der Waals surface area contributed by atoms with Gasteiger partial charge >= 0.3 is 5.97 Å². The molecule has 0 saturated carbocycles. The molecule has 0 aliphatic carbocycles. The highest BCUT2D eigenvalue weighted by molar-refractivity contribution is 7.89. The van der Waals surface area contributed by atoms with Gasteiger partial charge in [0.05, 0.1) is 16.9 Å². The second kappa shape index (κ2) is 6.29. The molecule has 0 spiro atoms. The highest BCUT2D eigenvalue weighted by Crippen LogP contribution is 2.15. The Kier molecular flexibility index (Phi) is 4.96. The summed E-state index contributed by atoms with van der Waals surface area (Å²) < 4.78 is 38.8. The van der Waals surface area contributed by atoms with E-state index in [0.29, 0.717) is 0 Å². The van der Waals surface area contributed by atoms with Crippen molar-refractivity contribution in [1.82, 2.24) is 4.72 Å². The van der Waals surface area contributed by atoms with Crippen LogP contribution in [0.2, 0.25) is 0 Å². The number of hydrogen-bond donors (Lipinski definition) is 3. The highest BCUT2D eigenvalue weighted by atomic mass is 32.2. The molecule has 21 heavy (non-hydrogen) atoms. The maximum absolute atomic E-state index is 13.1. The quantitative estimate of drug-likeness (QED) is 0.632. The monoisotopic (exact) mass is 315 g/mol. The molecule has 1 unspecified atom stereocenters. The Balaban J connectivity index is 3.13. The minimum atomic E-state index is -4.36. The van der Waals surface area contributed by atoms with E-state index in [-0.39, 0.29) is 0 Å². The van der Waals surface area contributed by atoms with Crippen molar-refractivity contribution < 1.29 is 27.5 Å². The minimum absolute atomic E-state index is 0.504. The number of rotatable bonds is 6. The molecule has 0 fully saturated rings. The Hall–Kier alpha value is -2.51. The lowest BCUT2D eigenvalue weighted by Gasteiger charge is -2.13. The minimum Gasteiger partial charge on any atom is -0.480 e. The first-order chi connectivity index (χ1) is 9.67. The van der Waals surface area contributed by atoms with Crippen LogP contribution in [0.4, 0.5) is 4.39 Å². The van der Waals surface area contributed by atoms with E-state index in [4.69, 9.17) is 16.1 Å². The fourth-order valence-electron chi connectivity index (χ4n) is 1.39. The molecule has 0 aliphatic heterocycles. The average Bonchev–Trinajstić information content (AvgIpc) is 2.37. The van der Waals surface area contributed by atoms with Crippen LogP contribution >= 0.6 is 0 Å². The largest absolute Gasteiger partial charge is 0.480 e. The van der Waals surface area contributed by atoms with Gasteiger partial charge in [0.15, 0.2) is 0 Å². The van der Waals surface area contributed by atoms with Gasteiger partial charge in [-0.25, -0.2) is 12.8 Å². The van der Waals surface area contributed by atoms with Crippen molar-refractivity contribution in [3.8, 4) is 6.07 Å². The van der Waals surface area contributed by atoms with Crippen LogP contribution in [0.25, 0.3) is 0 Å². The molecule has 0 saturated heterocycles. The van der Waals surface area contributed by atoms with E-state index < -0.39 is 50.6 Å². The predicted molar refractivity (Wildman–Crippen MR) is 66.7 cm³/mol. The Bertz CT molecular complexity index is 726. The lowest BCUT2D eigenvalue weighted by atomic mass is 10.2. The number of hydrogen-bond acceptors (Lipinski definition) is 5. The summed E-state index contributed by atoms with van der Waals surface area (Å²) >= 11 is 0. The van der Waals surface area contributed by atoms with Crippen LogP contribution < -0.4 is 10.5 Å². The van der Waals surface area contributed by atoms with Gasteiger partial charge in [-0.1, -0.05) is 0 Å². The third kappa shape index (κ3) is 4.23. The predicted octanol–water partition coefficient (Wildman–Crippen LogP) is -0.696. The van der Waals surface area contributed by atoms with Crippen LogP contribution in [0.5, 0.6) is 0 Å². The van der Waals surface area contributed by atoms with Gasteiger partial charge in [-0.15, -0.1) is 0 Å². The Morgan fingerprint density at radius 1 is 1.48 bits per heavy atom. The van der Waals surface area contributed by atoms with Gasteiger partial charge in [0, 0.05) is 0 Å². The number of aliphatic carboxylic acids is 1. The zero-order valence-corrected chi connectivity index (χ0v) is 11.2. The number of nitrogens with two attached hydrogens (primary N) is 1. The maximum atomic E-state index is 13.1. The third-order valence-electron chi connectivity index (χ3n) is 2.37. The molecular weight excluding hydrogens is 305 g/mol. The van der Waals surface area contributed by atoms with Crippen molar-refractivity contribution in [3.63, 3.8) is 0 Å². The van der Waals surface area contributed by atoms with Crippen LogP contribution in [0, 0.1) is 17.1 Å². The topological polar surface area (TPSA) is 150 Å². The summed E-state index contributed by atoms with van der Waals surface area (Å²) in [6.45, 7) is 0. The molecular formula is C11H10FN3O5S. The lowest BCUT2D eigenvalue weighted by Crippen LogP contribution is -2.43. The van der Waals surface area contributed by atoms with Crippen LogP contribution in [-0.4, -0.2) is 31.4 Å². The van der Waals surface area contributed by atoms with E-state index >= 15 is 0 Å². The van der Waals surface area contributed by atoms with Gasteiger partial charge in [-0.3, -0.25) is 9.59 Å². The summed E-state index contributed by atoms with van der Waals surface area (Å²) in [5.74, 6) is -3.52. The first kappa shape index (κ1) is 16.5. The Morgan fingerprint density at radius 2 is 2.10 bits per heavy atom. The normalized spacial score (nSPS) is 12.4. The molecule has 4 N–H and O–H groups in total. The van der Waals surface area contributed by atoms with E-state index in [0.717, 1.165) is 18.2 Å². The van der Waals surface area contributed by atoms with Gasteiger partial charge in [0.2, 0.25) is 15.9 Å². The number of carboxylic acid groups (broad SMARTS) is 1. The summed E-state index contributed by atoms with van der Waals surface area (Å²) in [4.78, 5) is 21.1. The van der Waals surface area contributed by atoms with Gasteiger partial charge in [0.1, 0.15) is 17.9 Å². The van der Waals surface area contributed by atoms with Crippen molar-refractivity contribution in [1.29, 1.82) is 5.26 Å². The van der Waals surface area contributed by atoms with Crippen molar-refractivity contribution in [2.24, 2.45) is 5.73 Å². The van der Waals surface area contributed by atoms with Crippen LogP contribution in [-0.2, 0) is 19.6 Å². The lowest BCUT2D eigenvalue weighted by molar-refractivity contribution is -0.140. The molecule has 10 heteroatoms. The SMILES string of the molecule is N#Cc1cc(S(=O)(=O)NC(CC(N)=O)C(=O)O)ccc1F. The van der Waals surface area contributed by atoms with Crippen molar-refractivity contribution >= 4 is 21.9 Å². The molecule has 0 radical (unpaired) electrons. The molecule has 1 amide bonds. The smallest absolute Gasteiger partial charge is 0.322 e. The number of halogens is 1. The summed E-state index contributed by atoms with van der Waals surface area (Å²) in [5, 5.41) is 17.5. The number of sulfonamides is 1. The van der Waals surface area contributed by atoms with Gasteiger partial charge in [0.25, 0.3) is 0 Å². The standard InChI is InChI=1S/C11H10FN3O5S/c12-8-2-1-7(3-6(8)5-13)21(19,20)15-9(11(17)18)4-10(14)16/h1-3,9,15H,4H2,(H2,14,16)(H,17,18). The second-order valence-corrected chi connectivity index (χ2v) is 5.65. The van der Waals surface area contributed by atoms with Crippen LogP contribution in [0.1, 0.15) is 12.0 Å². The zero-order valence-electron chi connectivity index (χ0n) is 10.4. The molecule has 0 heterocycles. The number of amides is 1. The summed E-state index contributed by atoms with van der Waals surface area (Å²) in [5.41, 5.74) is 4.31. The van der Waals surface area contributed by atoms with Gasteiger partial charge in [-0.2, -0.15) is 9.98 Å².